The molecule has 0 aliphatic carbocycles. The number of nitrogens with zero attached hydrogens (tertiary/aromatic N) is 2. The molecular weight excluding hydrogens is 425 g/mol. The summed E-state index contributed by atoms with van der Waals surface area (Å²) in [6, 6.07) is 16.5. The van der Waals surface area contributed by atoms with Crippen molar-refractivity contribution >= 4 is 5.97 Å². The SMILES string of the molecule is O=C(O)C(F)(F)F.c1ccc(COC2COC3(CCN(Cc4ccccn4)CC3)C2)cc1. The molecule has 1 aromatic carbocycles. The normalized spacial score (nSPS) is 20.5. The minimum atomic E-state index is -5.08. The molecular formula is C23H27F3N2O4. The first-order valence-electron chi connectivity index (χ1n) is 10.5. The van der Waals surface area contributed by atoms with Gasteiger partial charge in [0, 0.05) is 32.3 Å². The molecule has 32 heavy (non-hydrogen) atoms. The number of likely N-dealkylation sites (tertiary alicyclic amines) is 1. The fourth-order valence-corrected chi connectivity index (χ4v) is 3.89. The molecule has 9 heteroatoms. The fraction of sp³-hybridized carbons (Fsp3) is 0.478. The van der Waals surface area contributed by atoms with Crippen LogP contribution in [-0.2, 0) is 27.4 Å². The third-order valence-electron chi connectivity index (χ3n) is 5.63. The highest BCUT2D eigenvalue weighted by Gasteiger charge is 2.43. The Morgan fingerprint density at radius 1 is 1.16 bits per heavy atom. The van der Waals surface area contributed by atoms with Crippen molar-refractivity contribution in [1.29, 1.82) is 0 Å². The molecule has 0 amide bonds. The molecule has 4 rings (SSSR count). The number of rotatable bonds is 5. The van der Waals surface area contributed by atoms with Crippen molar-refractivity contribution < 1.29 is 32.5 Å². The Hall–Kier alpha value is -2.49. The zero-order valence-electron chi connectivity index (χ0n) is 17.6. The molecule has 0 bridgehead atoms. The Bertz CT molecular complexity index is 841. The second-order valence-electron chi connectivity index (χ2n) is 8.02. The van der Waals surface area contributed by atoms with Crippen LogP contribution in [0.2, 0.25) is 0 Å². The zero-order valence-corrected chi connectivity index (χ0v) is 17.6. The summed E-state index contributed by atoms with van der Waals surface area (Å²) in [7, 11) is 0. The maximum atomic E-state index is 10.6. The lowest BCUT2D eigenvalue weighted by atomic mass is 9.88. The van der Waals surface area contributed by atoms with Crippen molar-refractivity contribution in [3.8, 4) is 0 Å². The van der Waals surface area contributed by atoms with Crippen molar-refractivity contribution in [2.45, 2.75) is 50.3 Å². The summed E-state index contributed by atoms with van der Waals surface area (Å²) in [5.74, 6) is -2.76. The monoisotopic (exact) mass is 452 g/mol. The van der Waals surface area contributed by atoms with E-state index in [1.807, 2.05) is 18.3 Å². The smallest absolute Gasteiger partial charge is 0.475 e. The van der Waals surface area contributed by atoms with Crippen molar-refractivity contribution in [2.24, 2.45) is 0 Å². The molecule has 6 nitrogen and oxygen atoms in total. The number of halogens is 3. The highest BCUT2D eigenvalue weighted by atomic mass is 19.4. The van der Waals surface area contributed by atoms with Crippen LogP contribution in [-0.4, -0.2) is 58.5 Å². The van der Waals surface area contributed by atoms with Gasteiger partial charge in [0.1, 0.15) is 0 Å². The van der Waals surface area contributed by atoms with Gasteiger partial charge in [-0.25, -0.2) is 4.79 Å². The fourth-order valence-electron chi connectivity index (χ4n) is 3.89. The van der Waals surface area contributed by atoms with Gasteiger partial charge in [0.15, 0.2) is 0 Å². The van der Waals surface area contributed by atoms with E-state index in [0.29, 0.717) is 6.61 Å². The van der Waals surface area contributed by atoms with E-state index in [-0.39, 0.29) is 11.7 Å². The largest absolute Gasteiger partial charge is 0.490 e. The van der Waals surface area contributed by atoms with Gasteiger partial charge in [0.2, 0.25) is 0 Å². The van der Waals surface area contributed by atoms with Crippen LogP contribution < -0.4 is 0 Å². The number of piperidine rings is 1. The number of carbonyl (C=O) groups is 1. The number of aromatic nitrogens is 1. The molecule has 1 unspecified atom stereocenters. The highest BCUT2D eigenvalue weighted by Crippen LogP contribution is 2.37. The topological polar surface area (TPSA) is 71.9 Å². The maximum absolute atomic E-state index is 10.6. The van der Waals surface area contributed by atoms with Gasteiger partial charge < -0.3 is 14.6 Å². The van der Waals surface area contributed by atoms with Crippen LogP contribution in [0.3, 0.4) is 0 Å². The minimum Gasteiger partial charge on any atom is -0.475 e. The Morgan fingerprint density at radius 3 is 2.41 bits per heavy atom. The van der Waals surface area contributed by atoms with Gasteiger partial charge in [0.25, 0.3) is 0 Å². The predicted octanol–water partition coefficient (Wildman–Crippen LogP) is 4.06. The molecule has 2 aromatic rings. The number of aliphatic carboxylic acids is 1. The predicted molar refractivity (Wildman–Crippen MR) is 111 cm³/mol. The third-order valence-corrected chi connectivity index (χ3v) is 5.63. The molecule has 2 fully saturated rings. The highest BCUT2D eigenvalue weighted by molar-refractivity contribution is 5.73. The summed E-state index contributed by atoms with van der Waals surface area (Å²) < 4.78 is 44.0. The van der Waals surface area contributed by atoms with Crippen LogP contribution in [0.5, 0.6) is 0 Å². The molecule has 3 heterocycles. The van der Waals surface area contributed by atoms with Crippen LogP contribution >= 0.6 is 0 Å². The zero-order chi connectivity index (χ0) is 23.0. The van der Waals surface area contributed by atoms with E-state index in [4.69, 9.17) is 19.4 Å². The first-order valence-corrected chi connectivity index (χ1v) is 10.5. The van der Waals surface area contributed by atoms with E-state index in [9.17, 15) is 13.2 Å². The van der Waals surface area contributed by atoms with Gasteiger partial charge in [-0.1, -0.05) is 36.4 Å². The van der Waals surface area contributed by atoms with Crippen LogP contribution in [0.4, 0.5) is 13.2 Å². The second kappa shape index (κ2) is 10.9. The van der Waals surface area contributed by atoms with E-state index in [2.05, 4.69) is 46.3 Å². The number of alkyl halides is 3. The van der Waals surface area contributed by atoms with E-state index < -0.39 is 12.1 Å². The first-order chi connectivity index (χ1) is 15.3. The Balaban J connectivity index is 0.000000360. The van der Waals surface area contributed by atoms with E-state index in [1.165, 1.54) is 5.56 Å². The lowest BCUT2D eigenvalue weighted by Crippen LogP contribution is -2.44. The van der Waals surface area contributed by atoms with Gasteiger partial charge in [-0.15, -0.1) is 0 Å². The Kier molecular flexibility index (Phi) is 8.22. The molecule has 2 aliphatic rings. The molecule has 2 aliphatic heterocycles. The lowest BCUT2D eigenvalue weighted by molar-refractivity contribution is -0.192. The number of ether oxygens (including phenoxy) is 2. The number of benzene rings is 1. The summed E-state index contributed by atoms with van der Waals surface area (Å²) in [6.45, 7) is 4.48. The molecule has 0 radical (unpaired) electrons. The van der Waals surface area contributed by atoms with Crippen molar-refractivity contribution in [3.05, 3.63) is 66.0 Å². The van der Waals surface area contributed by atoms with Crippen LogP contribution in [0.25, 0.3) is 0 Å². The molecule has 0 saturated carbocycles. The Labute approximate surface area is 185 Å². The van der Waals surface area contributed by atoms with Crippen molar-refractivity contribution in [3.63, 3.8) is 0 Å². The average Bonchev–Trinajstić information content (AvgIpc) is 3.18. The van der Waals surface area contributed by atoms with E-state index in [0.717, 1.165) is 51.2 Å². The summed E-state index contributed by atoms with van der Waals surface area (Å²) in [6.07, 6.45) is 0.214. The molecule has 1 N–H and O–H groups in total. The number of carboxylic acids is 1. The van der Waals surface area contributed by atoms with E-state index >= 15 is 0 Å². The number of carboxylic acid groups (broad SMARTS) is 1. The lowest BCUT2D eigenvalue weighted by Gasteiger charge is -2.38. The maximum Gasteiger partial charge on any atom is 0.490 e. The summed E-state index contributed by atoms with van der Waals surface area (Å²) in [5.41, 5.74) is 2.41. The number of hydrogen-bond donors (Lipinski definition) is 1. The molecule has 1 spiro atoms. The van der Waals surface area contributed by atoms with Crippen LogP contribution in [0, 0.1) is 0 Å². The summed E-state index contributed by atoms with van der Waals surface area (Å²) >= 11 is 0. The molecule has 2 saturated heterocycles. The molecule has 1 aromatic heterocycles. The first kappa shape index (κ1) is 24.2. The van der Waals surface area contributed by atoms with E-state index in [1.54, 1.807) is 0 Å². The van der Waals surface area contributed by atoms with Gasteiger partial charge in [0.05, 0.1) is 30.6 Å². The van der Waals surface area contributed by atoms with Gasteiger partial charge in [-0.05, 0) is 30.5 Å². The summed E-state index contributed by atoms with van der Waals surface area (Å²) in [4.78, 5) is 15.8. The van der Waals surface area contributed by atoms with Gasteiger partial charge in [-0.3, -0.25) is 9.88 Å². The third kappa shape index (κ3) is 7.29. The quantitative estimate of drug-likeness (QED) is 0.738. The number of pyridine rings is 1. The minimum absolute atomic E-state index is 0.0297. The molecule has 174 valence electrons. The second-order valence-corrected chi connectivity index (χ2v) is 8.02. The van der Waals surface area contributed by atoms with Crippen molar-refractivity contribution in [2.75, 3.05) is 19.7 Å². The molecule has 1 atom stereocenters. The van der Waals surface area contributed by atoms with Crippen LogP contribution in [0.1, 0.15) is 30.5 Å². The van der Waals surface area contributed by atoms with Crippen LogP contribution in [0.15, 0.2) is 54.7 Å². The summed E-state index contributed by atoms with van der Waals surface area (Å²) in [5, 5.41) is 7.12. The van der Waals surface area contributed by atoms with Gasteiger partial charge >= 0.3 is 12.1 Å². The standard InChI is InChI=1S/C21H26N2O2.C2HF3O2/c1-2-6-18(7-3-1)16-24-20-14-21(25-17-20)9-12-23(13-10-21)15-19-8-4-5-11-22-19;3-2(4,5)1(6)7/h1-8,11,20H,9-10,12-17H2;(H,6,7). The number of hydrogen-bond acceptors (Lipinski definition) is 5. The van der Waals surface area contributed by atoms with Gasteiger partial charge in [-0.2, -0.15) is 13.2 Å². The van der Waals surface area contributed by atoms with Crippen molar-refractivity contribution in [1.82, 2.24) is 9.88 Å². The Morgan fingerprint density at radius 2 is 1.81 bits per heavy atom. The average molecular weight is 452 g/mol.